The second-order valence-corrected chi connectivity index (χ2v) is 9.08. The van der Waals surface area contributed by atoms with Gasteiger partial charge in [-0.05, 0) is 55.7 Å². The number of carboxylic acid groups (broad SMARTS) is 1. The van der Waals surface area contributed by atoms with Crippen LogP contribution in [0.1, 0.15) is 32.1 Å². The van der Waals surface area contributed by atoms with E-state index >= 15 is 0 Å². The molecule has 0 amide bonds. The van der Waals surface area contributed by atoms with E-state index in [4.69, 9.17) is 39.9 Å². The van der Waals surface area contributed by atoms with Gasteiger partial charge in [0.25, 0.3) is 0 Å². The molecular weight excluding hydrogens is 415 g/mol. The number of aliphatic hydroxyl groups excluding tert-OH is 1. The number of unbranched alkanes of at least 4 members (excludes halogenated alkanes) is 1. The van der Waals surface area contributed by atoms with Crippen LogP contribution in [0, 0.1) is 11.8 Å². The fourth-order valence-electron chi connectivity index (χ4n) is 3.24. The van der Waals surface area contributed by atoms with E-state index in [1.54, 1.807) is 17.8 Å². The molecule has 2 rings (SSSR count). The van der Waals surface area contributed by atoms with E-state index < -0.39 is 12.1 Å². The molecular formula is C19H23Cl3O3S. The summed E-state index contributed by atoms with van der Waals surface area (Å²) in [4.78, 5) is 11.5. The number of allylic oxidation sites excluding steroid dienone is 2. The van der Waals surface area contributed by atoms with Crippen molar-refractivity contribution in [1.82, 2.24) is 0 Å². The standard InChI is InChI=1S/C19H23Cl3O3S/c20-12-7-13(21)9-14(8-12)26-11-16-15(17(22)10-18(16)23)5-3-1-2-4-6-19(24)25/h1,3,7-9,15-18,23H,2,4-6,10-11H2,(H,24,25)/b3-1-/t15-,16-,17+,18-/m1/s1. The van der Waals surface area contributed by atoms with Gasteiger partial charge in [-0.2, -0.15) is 0 Å². The predicted octanol–water partition coefficient (Wildman–Crippen LogP) is 5.89. The normalized spacial score (nSPS) is 25.8. The number of alkyl halides is 1. The first-order valence-corrected chi connectivity index (χ1v) is 10.8. The number of rotatable bonds is 9. The largest absolute Gasteiger partial charge is 0.481 e. The molecule has 0 unspecified atom stereocenters. The van der Waals surface area contributed by atoms with Crippen LogP contribution in [-0.4, -0.2) is 33.4 Å². The van der Waals surface area contributed by atoms with Crippen LogP contribution >= 0.6 is 46.6 Å². The van der Waals surface area contributed by atoms with Gasteiger partial charge in [0, 0.05) is 32.5 Å². The van der Waals surface area contributed by atoms with Crippen molar-refractivity contribution in [2.45, 2.75) is 48.5 Å². The molecule has 0 radical (unpaired) electrons. The summed E-state index contributed by atoms with van der Waals surface area (Å²) in [6.07, 6.45) is 6.62. The molecule has 1 fully saturated rings. The zero-order chi connectivity index (χ0) is 19.1. The minimum Gasteiger partial charge on any atom is -0.481 e. The molecule has 1 aliphatic rings. The first-order valence-electron chi connectivity index (χ1n) is 8.64. The fourth-order valence-corrected chi connectivity index (χ4v) is 5.64. The van der Waals surface area contributed by atoms with Crippen molar-refractivity contribution in [1.29, 1.82) is 0 Å². The Morgan fingerprint density at radius 2 is 1.88 bits per heavy atom. The van der Waals surface area contributed by atoms with Gasteiger partial charge < -0.3 is 10.2 Å². The first-order chi connectivity index (χ1) is 12.4. The molecule has 144 valence electrons. The zero-order valence-electron chi connectivity index (χ0n) is 14.3. The van der Waals surface area contributed by atoms with Gasteiger partial charge in [0.2, 0.25) is 0 Å². The predicted molar refractivity (Wildman–Crippen MR) is 110 cm³/mol. The van der Waals surface area contributed by atoms with Crippen molar-refractivity contribution in [3.63, 3.8) is 0 Å². The SMILES string of the molecule is O=C(O)CCC/C=C\C[C@@H]1[C@@H](CSc2cc(Cl)cc(Cl)c2)[C@H](O)C[C@@H]1Cl. The summed E-state index contributed by atoms with van der Waals surface area (Å²) in [5.74, 6) is 0.281. The monoisotopic (exact) mass is 436 g/mol. The minimum atomic E-state index is -0.767. The molecule has 26 heavy (non-hydrogen) atoms. The van der Waals surface area contributed by atoms with Gasteiger partial charge in [-0.25, -0.2) is 0 Å². The maximum absolute atomic E-state index is 10.5. The zero-order valence-corrected chi connectivity index (χ0v) is 17.4. The lowest BCUT2D eigenvalue weighted by atomic mass is 9.93. The molecule has 1 saturated carbocycles. The summed E-state index contributed by atoms with van der Waals surface area (Å²) < 4.78 is 0. The van der Waals surface area contributed by atoms with Crippen LogP contribution in [0.15, 0.2) is 35.2 Å². The van der Waals surface area contributed by atoms with Crippen LogP contribution < -0.4 is 0 Å². The van der Waals surface area contributed by atoms with E-state index in [0.29, 0.717) is 22.9 Å². The topological polar surface area (TPSA) is 57.5 Å². The van der Waals surface area contributed by atoms with Crippen LogP contribution in [0.5, 0.6) is 0 Å². The Hall–Kier alpha value is -0.390. The molecule has 0 heterocycles. The van der Waals surface area contributed by atoms with Crippen LogP contribution in [0.2, 0.25) is 10.0 Å². The van der Waals surface area contributed by atoms with E-state index in [2.05, 4.69) is 6.08 Å². The molecule has 0 bridgehead atoms. The lowest BCUT2D eigenvalue weighted by molar-refractivity contribution is -0.137. The number of carboxylic acids is 1. The molecule has 1 aromatic carbocycles. The first kappa shape index (κ1) is 21.9. The third-order valence-corrected chi connectivity index (χ3v) is 6.65. The Bertz CT molecular complexity index is 618. The molecule has 1 aromatic rings. The summed E-state index contributed by atoms with van der Waals surface area (Å²) in [6, 6.07) is 5.44. The van der Waals surface area contributed by atoms with E-state index in [1.165, 1.54) is 0 Å². The number of aliphatic hydroxyl groups is 1. The average molecular weight is 438 g/mol. The molecule has 4 atom stereocenters. The quantitative estimate of drug-likeness (QED) is 0.219. The lowest BCUT2D eigenvalue weighted by Gasteiger charge is -2.22. The molecule has 0 spiro atoms. The van der Waals surface area contributed by atoms with Gasteiger partial charge in [-0.1, -0.05) is 35.4 Å². The molecule has 3 nitrogen and oxygen atoms in total. The van der Waals surface area contributed by atoms with E-state index in [1.807, 2.05) is 18.2 Å². The third-order valence-electron chi connectivity index (χ3n) is 4.59. The van der Waals surface area contributed by atoms with Crippen molar-refractivity contribution in [2.75, 3.05) is 5.75 Å². The third kappa shape index (κ3) is 6.97. The molecule has 1 aliphatic carbocycles. The van der Waals surface area contributed by atoms with E-state index in [0.717, 1.165) is 23.5 Å². The van der Waals surface area contributed by atoms with Crippen LogP contribution in [0.3, 0.4) is 0 Å². The lowest BCUT2D eigenvalue weighted by Crippen LogP contribution is -2.22. The smallest absolute Gasteiger partial charge is 0.303 e. The fraction of sp³-hybridized carbons (Fsp3) is 0.526. The number of thioether (sulfide) groups is 1. The van der Waals surface area contributed by atoms with E-state index in [-0.39, 0.29) is 23.6 Å². The number of hydrogen-bond acceptors (Lipinski definition) is 3. The van der Waals surface area contributed by atoms with Gasteiger partial charge in [0.1, 0.15) is 0 Å². The summed E-state index contributed by atoms with van der Waals surface area (Å²) in [7, 11) is 0. The minimum absolute atomic E-state index is 0.0535. The Labute approximate surface area is 173 Å². The number of aliphatic carboxylic acids is 1. The summed E-state index contributed by atoms with van der Waals surface area (Å²) in [5, 5.41) is 20.2. The van der Waals surface area contributed by atoms with Crippen molar-refractivity contribution >= 4 is 52.5 Å². The van der Waals surface area contributed by atoms with Crippen molar-refractivity contribution < 1.29 is 15.0 Å². The molecule has 0 saturated heterocycles. The number of hydrogen-bond donors (Lipinski definition) is 2. The second-order valence-electron chi connectivity index (χ2n) is 6.56. The Balaban J connectivity index is 1.88. The van der Waals surface area contributed by atoms with Gasteiger partial charge >= 0.3 is 5.97 Å². The van der Waals surface area contributed by atoms with Gasteiger partial charge in [0.15, 0.2) is 0 Å². The maximum atomic E-state index is 10.5. The van der Waals surface area contributed by atoms with Gasteiger partial charge in [-0.3, -0.25) is 4.79 Å². The summed E-state index contributed by atoms with van der Waals surface area (Å²) in [5.41, 5.74) is 0. The number of benzene rings is 1. The molecule has 0 aromatic heterocycles. The molecule has 0 aliphatic heterocycles. The van der Waals surface area contributed by atoms with Crippen LogP contribution in [0.25, 0.3) is 0 Å². The Morgan fingerprint density at radius 3 is 2.54 bits per heavy atom. The van der Waals surface area contributed by atoms with Crippen molar-refractivity contribution in [3.8, 4) is 0 Å². The average Bonchev–Trinajstić information content (AvgIpc) is 2.81. The highest BCUT2D eigenvalue weighted by molar-refractivity contribution is 7.99. The second kappa shape index (κ2) is 10.8. The summed E-state index contributed by atoms with van der Waals surface area (Å²) in [6.45, 7) is 0. The van der Waals surface area contributed by atoms with Crippen LogP contribution in [0.4, 0.5) is 0 Å². The molecule has 2 N–H and O–H groups in total. The van der Waals surface area contributed by atoms with Gasteiger partial charge in [0.05, 0.1) is 6.10 Å². The van der Waals surface area contributed by atoms with Gasteiger partial charge in [-0.15, -0.1) is 23.4 Å². The van der Waals surface area contributed by atoms with E-state index in [9.17, 15) is 9.90 Å². The maximum Gasteiger partial charge on any atom is 0.303 e. The Kier molecular flexibility index (Phi) is 9.11. The number of carbonyl (C=O) groups is 1. The van der Waals surface area contributed by atoms with Crippen molar-refractivity contribution in [2.24, 2.45) is 11.8 Å². The molecule has 7 heteroatoms. The summed E-state index contributed by atoms with van der Waals surface area (Å²) >= 11 is 20.2. The number of halogens is 3. The highest BCUT2D eigenvalue weighted by Gasteiger charge is 2.40. The van der Waals surface area contributed by atoms with Crippen molar-refractivity contribution in [3.05, 3.63) is 40.4 Å². The highest BCUT2D eigenvalue weighted by atomic mass is 35.5. The Morgan fingerprint density at radius 1 is 1.19 bits per heavy atom. The highest BCUT2D eigenvalue weighted by Crippen LogP contribution is 2.41. The van der Waals surface area contributed by atoms with Crippen LogP contribution in [-0.2, 0) is 4.79 Å².